The molecule has 3 aromatic heterocycles. The Morgan fingerprint density at radius 2 is 1.69 bits per heavy atom. The third kappa shape index (κ3) is 3.24. The maximum Gasteiger partial charge on any atom is 0.0981 e. The van der Waals surface area contributed by atoms with Crippen LogP contribution in [0.1, 0.15) is 19.8 Å². The smallest absolute Gasteiger partial charge is 0.0981 e. The zero-order chi connectivity index (χ0) is 20.1. The van der Waals surface area contributed by atoms with Crippen molar-refractivity contribution < 1.29 is 0 Å². The largest absolute Gasteiger partial charge is 0.339 e. The highest BCUT2D eigenvalue weighted by Crippen LogP contribution is 2.42. The Morgan fingerprint density at radius 1 is 0.906 bits per heavy atom. The van der Waals surface area contributed by atoms with E-state index in [2.05, 4.69) is 81.7 Å². The van der Waals surface area contributed by atoms with Gasteiger partial charge < -0.3 is 20.1 Å². The molecule has 0 saturated heterocycles. The third-order valence-electron chi connectivity index (χ3n) is 6.28. The molecule has 0 saturated carbocycles. The number of para-hydroxylation sites is 2. The van der Waals surface area contributed by atoms with Crippen LogP contribution in [0.25, 0.3) is 54.5 Å². The first-order valence-corrected chi connectivity index (χ1v) is 10.9. The molecule has 7 heteroatoms. The first-order valence-electron chi connectivity index (χ1n) is 10.9. The summed E-state index contributed by atoms with van der Waals surface area (Å²) in [5.74, 6) is 0. The normalized spacial score (nSPS) is 11.5. The molecule has 0 amide bonds. The van der Waals surface area contributed by atoms with E-state index in [1.165, 1.54) is 44.4 Å². The van der Waals surface area contributed by atoms with Gasteiger partial charge in [-0.15, -0.1) is 24.8 Å². The molecule has 0 spiro atoms. The number of unbranched alkanes of at least 4 members (excludes halogenated alkanes) is 1. The molecule has 0 fully saturated rings. The average Bonchev–Trinajstić information content (AvgIpc) is 3.47. The van der Waals surface area contributed by atoms with Gasteiger partial charge in [-0.3, -0.25) is 0 Å². The Labute approximate surface area is 198 Å². The number of rotatable bonds is 6. The molecule has 0 aliphatic heterocycles. The first-order chi connectivity index (χ1) is 14.9. The van der Waals surface area contributed by atoms with Gasteiger partial charge in [0.2, 0.25) is 0 Å². The number of nitrogens with one attached hydrogen (secondary N) is 3. The van der Waals surface area contributed by atoms with Crippen LogP contribution in [0, 0.1) is 0 Å². The Hall–Kier alpha value is -2.73. The number of aryl methyl sites for hydroxylation is 1. The number of hydrogen-bond acceptors (Lipinski definition) is 2. The molecule has 6 aromatic rings. The van der Waals surface area contributed by atoms with Crippen molar-refractivity contribution in [1.82, 2.24) is 25.1 Å². The van der Waals surface area contributed by atoms with E-state index in [9.17, 15) is 0 Å². The molecule has 166 valence electrons. The molecule has 3 aromatic carbocycles. The predicted molar refractivity (Wildman–Crippen MR) is 141 cm³/mol. The molecule has 0 radical (unpaired) electrons. The fourth-order valence-electron chi connectivity index (χ4n) is 4.98. The lowest BCUT2D eigenvalue weighted by Gasteiger charge is -2.09. The average molecular weight is 468 g/mol. The van der Waals surface area contributed by atoms with Gasteiger partial charge >= 0.3 is 0 Å². The van der Waals surface area contributed by atoms with Crippen LogP contribution in [-0.2, 0) is 6.54 Å². The maximum atomic E-state index is 5.12. The molecule has 0 aliphatic rings. The van der Waals surface area contributed by atoms with E-state index in [4.69, 9.17) is 4.98 Å². The van der Waals surface area contributed by atoms with Crippen molar-refractivity contribution in [3.05, 3.63) is 54.7 Å². The Kier molecular flexibility index (Phi) is 6.33. The molecule has 5 nitrogen and oxygen atoms in total. The molecule has 6 rings (SSSR count). The Balaban J connectivity index is 0.00000122. The molecule has 0 unspecified atom stereocenters. The lowest BCUT2D eigenvalue weighted by Crippen LogP contribution is -2.14. The van der Waals surface area contributed by atoms with Crippen molar-refractivity contribution in [2.75, 3.05) is 13.1 Å². The third-order valence-corrected chi connectivity index (χ3v) is 6.28. The highest BCUT2D eigenvalue weighted by atomic mass is 35.5. The number of aromatic nitrogens is 4. The molecule has 3 N–H and O–H groups in total. The number of H-pyrrole nitrogens is 2. The maximum absolute atomic E-state index is 5.12. The SMILES string of the molecule is CCNCCCCn1c2ccccc2c2c3c[nH][nH]c3c3c4ccccc4nc3c21.Cl.Cl. The minimum atomic E-state index is 0. The van der Waals surface area contributed by atoms with Crippen molar-refractivity contribution in [3.63, 3.8) is 0 Å². The number of aromatic amines is 2. The van der Waals surface area contributed by atoms with Gasteiger partial charge in [0.05, 0.1) is 22.1 Å². The highest BCUT2D eigenvalue weighted by molar-refractivity contribution is 6.34. The summed E-state index contributed by atoms with van der Waals surface area (Å²) in [6, 6.07) is 17.2. The van der Waals surface area contributed by atoms with Crippen LogP contribution in [0.2, 0.25) is 0 Å². The fourth-order valence-corrected chi connectivity index (χ4v) is 4.98. The monoisotopic (exact) mass is 467 g/mol. The van der Waals surface area contributed by atoms with Gasteiger partial charge in [-0.1, -0.05) is 43.3 Å². The summed E-state index contributed by atoms with van der Waals surface area (Å²) in [6.45, 7) is 5.25. The first kappa shape index (κ1) is 22.5. The second-order valence-electron chi connectivity index (χ2n) is 8.01. The minimum absolute atomic E-state index is 0. The van der Waals surface area contributed by atoms with E-state index in [0.717, 1.165) is 42.6 Å². The van der Waals surface area contributed by atoms with Gasteiger partial charge in [-0.25, -0.2) is 4.98 Å². The van der Waals surface area contributed by atoms with Crippen LogP contribution >= 0.6 is 24.8 Å². The lowest BCUT2D eigenvalue weighted by atomic mass is 10.0. The summed E-state index contributed by atoms with van der Waals surface area (Å²) >= 11 is 0. The molecule has 0 aliphatic carbocycles. The van der Waals surface area contributed by atoms with Crippen LogP contribution < -0.4 is 5.32 Å². The van der Waals surface area contributed by atoms with Crippen LogP contribution in [0.5, 0.6) is 0 Å². The van der Waals surface area contributed by atoms with Crippen molar-refractivity contribution in [2.45, 2.75) is 26.3 Å². The summed E-state index contributed by atoms with van der Waals surface area (Å²) in [4.78, 5) is 5.12. The standard InChI is InChI=1S/C25H25N5.2ClH/c1-2-26-13-7-8-14-30-20-12-6-4-10-17(20)21-18-15-27-29-23(18)22-16-9-3-5-11-19(16)28-24(22)25(21)30;;/h3-6,9-12,15,26-27,29H,2,7-8,13-14H2,1H3;2*1H. The Morgan fingerprint density at radius 3 is 2.53 bits per heavy atom. The van der Waals surface area contributed by atoms with Crippen LogP contribution in [0.3, 0.4) is 0 Å². The van der Waals surface area contributed by atoms with Crippen molar-refractivity contribution >= 4 is 79.3 Å². The van der Waals surface area contributed by atoms with E-state index >= 15 is 0 Å². The molecular weight excluding hydrogens is 441 g/mol. The topological polar surface area (TPSA) is 61.4 Å². The van der Waals surface area contributed by atoms with E-state index in [-0.39, 0.29) is 24.8 Å². The molecule has 3 heterocycles. The summed E-state index contributed by atoms with van der Waals surface area (Å²) in [5.41, 5.74) is 5.84. The zero-order valence-electron chi connectivity index (χ0n) is 17.9. The summed E-state index contributed by atoms with van der Waals surface area (Å²) in [6.07, 6.45) is 4.40. The van der Waals surface area contributed by atoms with Crippen LogP contribution in [0.15, 0.2) is 54.7 Å². The number of halogens is 2. The van der Waals surface area contributed by atoms with Gasteiger partial charge in [0.25, 0.3) is 0 Å². The summed E-state index contributed by atoms with van der Waals surface area (Å²) in [7, 11) is 0. The van der Waals surface area contributed by atoms with Gasteiger partial charge in [-0.2, -0.15) is 0 Å². The number of benzene rings is 3. The number of nitrogens with zero attached hydrogens (tertiary/aromatic N) is 2. The second-order valence-corrected chi connectivity index (χ2v) is 8.01. The Bertz CT molecular complexity index is 1530. The van der Waals surface area contributed by atoms with Crippen LogP contribution in [0.4, 0.5) is 0 Å². The quantitative estimate of drug-likeness (QED) is 0.243. The van der Waals surface area contributed by atoms with Gasteiger partial charge in [-0.05, 0) is 38.1 Å². The molecular formula is C25H27Cl2N5. The minimum Gasteiger partial charge on any atom is -0.339 e. The van der Waals surface area contributed by atoms with E-state index < -0.39 is 0 Å². The second kappa shape index (κ2) is 9.02. The van der Waals surface area contributed by atoms with Crippen molar-refractivity contribution in [1.29, 1.82) is 0 Å². The number of hydrogen-bond donors (Lipinski definition) is 3. The molecule has 0 bridgehead atoms. The fraction of sp³-hybridized carbons (Fsp3) is 0.240. The van der Waals surface area contributed by atoms with E-state index in [1.54, 1.807) is 0 Å². The summed E-state index contributed by atoms with van der Waals surface area (Å²) < 4.78 is 2.50. The van der Waals surface area contributed by atoms with Crippen molar-refractivity contribution in [2.24, 2.45) is 0 Å². The zero-order valence-corrected chi connectivity index (χ0v) is 19.6. The van der Waals surface area contributed by atoms with Gasteiger partial charge in [0.15, 0.2) is 0 Å². The number of fused-ring (bicyclic) bond motifs is 10. The van der Waals surface area contributed by atoms with E-state index in [0.29, 0.717) is 0 Å². The predicted octanol–water partition coefficient (Wildman–Crippen LogP) is 6.54. The molecule has 0 atom stereocenters. The molecule has 32 heavy (non-hydrogen) atoms. The van der Waals surface area contributed by atoms with Crippen molar-refractivity contribution in [3.8, 4) is 0 Å². The highest BCUT2D eigenvalue weighted by Gasteiger charge is 2.21. The summed E-state index contributed by atoms with van der Waals surface area (Å²) in [5, 5.41) is 16.3. The van der Waals surface area contributed by atoms with Gasteiger partial charge in [0, 0.05) is 45.2 Å². The lowest BCUT2D eigenvalue weighted by molar-refractivity contribution is 0.594. The van der Waals surface area contributed by atoms with E-state index in [1.807, 2.05) is 0 Å². The van der Waals surface area contributed by atoms with Crippen LogP contribution in [-0.4, -0.2) is 32.8 Å². The van der Waals surface area contributed by atoms with Gasteiger partial charge in [0.1, 0.15) is 0 Å².